The zero-order valence-corrected chi connectivity index (χ0v) is 17.9. The van der Waals surface area contributed by atoms with Gasteiger partial charge >= 0.3 is 5.97 Å². The minimum atomic E-state index is -0.819. The zero-order valence-electron chi connectivity index (χ0n) is 17.9. The maximum atomic E-state index is 12.4. The Kier molecular flexibility index (Phi) is 6.67. The van der Waals surface area contributed by atoms with Crippen LogP contribution in [-0.2, 0) is 9.53 Å². The van der Waals surface area contributed by atoms with Crippen molar-refractivity contribution < 1.29 is 28.7 Å². The number of amides is 4. The van der Waals surface area contributed by atoms with Crippen LogP contribution in [0.15, 0.2) is 42.5 Å². The van der Waals surface area contributed by atoms with E-state index in [0.29, 0.717) is 17.8 Å². The first kappa shape index (κ1) is 22.7. The number of para-hydroxylation sites is 1. The van der Waals surface area contributed by atoms with E-state index in [-0.39, 0.29) is 28.5 Å². The summed E-state index contributed by atoms with van der Waals surface area (Å²) in [5.74, 6) is -2.46. The van der Waals surface area contributed by atoms with Crippen molar-refractivity contribution in [2.24, 2.45) is 5.92 Å². The number of fused-ring (bicyclic) bond motifs is 1. The molecule has 0 spiro atoms. The first-order chi connectivity index (χ1) is 15.2. The summed E-state index contributed by atoms with van der Waals surface area (Å²) in [5, 5.41) is 5.35. The molecule has 0 atom stereocenters. The van der Waals surface area contributed by atoms with Gasteiger partial charge in [0.15, 0.2) is 6.61 Å². The van der Waals surface area contributed by atoms with Gasteiger partial charge in [0.25, 0.3) is 23.6 Å². The fourth-order valence-corrected chi connectivity index (χ4v) is 3.07. The van der Waals surface area contributed by atoms with Gasteiger partial charge in [-0.15, -0.1) is 0 Å². The van der Waals surface area contributed by atoms with Crippen LogP contribution in [0.1, 0.15) is 55.3 Å². The Balaban J connectivity index is 1.62. The van der Waals surface area contributed by atoms with Crippen LogP contribution in [0.2, 0.25) is 0 Å². The average Bonchev–Trinajstić information content (AvgIpc) is 2.99. The van der Waals surface area contributed by atoms with Crippen molar-refractivity contribution in [1.29, 1.82) is 0 Å². The summed E-state index contributed by atoms with van der Waals surface area (Å²) in [6, 6.07) is 10.5. The van der Waals surface area contributed by atoms with Gasteiger partial charge in [-0.05, 0) is 36.2 Å². The van der Waals surface area contributed by atoms with Gasteiger partial charge in [-0.1, -0.05) is 26.0 Å². The van der Waals surface area contributed by atoms with E-state index in [1.807, 2.05) is 13.8 Å². The molecule has 9 nitrogen and oxygen atoms in total. The molecule has 0 fully saturated rings. The van der Waals surface area contributed by atoms with E-state index in [2.05, 4.69) is 10.6 Å². The molecule has 0 saturated carbocycles. The molecule has 0 saturated heterocycles. The van der Waals surface area contributed by atoms with Crippen molar-refractivity contribution in [3.8, 4) is 0 Å². The van der Waals surface area contributed by atoms with Gasteiger partial charge in [0.1, 0.15) is 0 Å². The summed E-state index contributed by atoms with van der Waals surface area (Å²) in [5.41, 5.74) is 0.941. The number of carbonyl (C=O) groups is 5. The fraction of sp³-hybridized carbons (Fsp3) is 0.261. The lowest BCUT2D eigenvalue weighted by molar-refractivity contribution is -0.119. The second kappa shape index (κ2) is 9.42. The van der Waals surface area contributed by atoms with Crippen LogP contribution in [-0.4, -0.2) is 54.7 Å². The van der Waals surface area contributed by atoms with E-state index in [1.54, 1.807) is 24.3 Å². The third kappa shape index (κ3) is 4.83. The van der Waals surface area contributed by atoms with Crippen LogP contribution >= 0.6 is 0 Å². The smallest absolute Gasteiger partial charge is 0.338 e. The lowest BCUT2D eigenvalue weighted by atomic mass is 10.1. The molecular formula is C23H23N3O6. The molecule has 0 aliphatic carbocycles. The van der Waals surface area contributed by atoms with Gasteiger partial charge in [0.2, 0.25) is 0 Å². The van der Waals surface area contributed by atoms with Crippen LogP contribution in [0.3, 0.4) is 0 Å². The summed E-state index contributed by atoms with van der Waals surface area (Å²) in [6.45, 7) is 3.83. The van der Waals surface area contributed by atoms with Gasteiger partial charge < -0.3 is 15.4 Å². The van der Waals surface area contributed by atoms with E-state index in [1.165, 1.54) is 25.2 Å². The molecule has 3 rings (SSSR count). The molecule has 166 valence electrons. The Hall–Kier alpha value is -4.01. The molecule has 1 heterocycles. The third-order valence-corrected chi connectivity index (χ3v) is 4.78. The average molecular weight is 437 g/mol. The fourth-order valence-electron chi connectivity index (χ4n) is 3.07. The summed E-state index contributed by atoms with van der Waals surface area (Å²) in [7, 11) is 1.36. The number of esters is 1. The second-order valence-corrected chi connectivity index (χ2v) is 7.70. The van der Waals surface area contributed by atoms with Crippen molar-refractivity contribution >= 4 is 35.3 Å². The minimum absolute atomic E-state index is 0.0430. The molecule has 32 heavy (non-hydrogen) atoms. The zero-order chi connectivity index (χ0) is 23.4. The van der Waals surface area contributed by atoms with Crippen LogP contribution < -0.4 is 10.6 Å². The Labute approximate surface area is 184 Å². The first-order valence-electron chi connectivity index (χ1n) is 9.99. The number of rotatable bonds is 7. The normalized spacial score (nSPS) is 12.6. The first-order valence-corrected chi connectivity index (χ1v) is 9.99. The Morgan fingerprint density at radius 1 is 1.00 bits per heavy atom. The summed E-state index contributed by atoms with van der Waals surface area (Å²) in [4.78, 5) is 61.9. The van der Waals surface area contributed by atoms with Gasteiger partial charge in [-0.2, -0.15) is 0 Å². The molecule has 4 amide bonds. The molecule has 0 bridgehead atoms. The molecular weight excluding hydrogens is 414 g/mol. The van der Waals surface area contributed by atoms with Crippen LogP contribution in [0, 0.1) is 5.92 Å². The maximum absolute atomic E-state index is 12.4. The van der Waals surface area contributed by atoms with Crippen LogP contribution in [0.4, 0.5) is 5.69 Å². The number of hydrogen-bond donors (Lipinski definition) is 2. The van der Waals surface area contributed by atoms with E-state index >= 15 is 0 Å². The lowest BCUT2D eigenvalue weighted by Crippen LogP contribution is -2.29. The second-order valence-electron chi connectivity index (χ2n) is 7.70. The monoisotopic (exact) mass is 437 g/mol. The highest BCUT2D eigenvalue weighted by molar-refractivity contribution is 6.21. The Morgan fingerprint density at radius 2 is 1.69 bits per heavy atom. The van der Waals surface area contributed by atoms with Crippen molar-refractivity contribution in [1.82, 2.24) is 10.2 Å². The lowest BCUT2D eigenvalue weighted by Gasteiger charge is -2.12. The van der Waals surface area contributed by atoms with Crippen LogP contribution in [0.5, 0.6) is 0 Å². The van der Waals surface area contributed by atoms with Gasteiger partial charge in [0.05, 0.1) is 27.9 Å². The van der Waals surface area contributed by atoms with Crippen molar-refractivity contribution in [3.05, 3.63) is 64.7 Å². The third-order valence-electron chi connectivity index (χ3n) is 4.78. The Bertz CT molecular complexity index is 1110. The number of imide groups is 1. The summed E-state index contributed by atoms with van der Waals surface area (Å²) >= 11 is 0. The number of nitrogens with zero attached hydrogens (tertiary/aromatic N) is 1. The predicted octanol–water partition coefficient (Wildman–Crippen LogP) is 2.09. The molecule has 1 aliphatic heterocycles. The van der Waals surface area contributed by atoms with E-state index in [4.69, 9.17) is 4.74 Å². The summed E-state index contributed by atoms with van der Waals surface area (Å²) in [6.07, 6.45) is 0. The molecule has 0 aromatic heterocycles. The number of hydrogen-bond acceptors (Lipinski definition) is 6. The highest BCUT2D eigenvalue weighted by Crippen LogP contribution is 2.23. The molecule has 2 N–H and O–H groups in total. The van der Waals surface area contributed by atoms with Crippen molar-refractivity contribution in [2.75, 3.05) is 25.5 Å². The van der Waals surface area contributed by atoms with Gasteiger partial charge in [-0.3, -0.25) is 24.1 Å². The van der Waals surface area contributed by atoms with Crippen LogP contribution in [0.25, 0.3) is 0 Å². The topological polar surface area (TPSA) is 122 Å². The molecule has 0 radical (unpaired) electrons. The van der Waals surface area contributed by atoms with Gasteiger partial charge in [-0.25, -0.2) is 4.79 Å². The maximum Gasteiger partial charge on any atom is 0.338 e. The Morgan fingerprint density at radius 3 is 2.41 bits per heavy atom. The van der Waals surface area contributed by atoms with E-state index in [0.717, 1.165) is 4.90 Å². The molecule has 2 aromatic carbocycles. The minimum Gasteiger partial charge on any atom is -0.452 e. The molecule has 9 heteroatoms. The van der Waals surface area contributed by atoms with E-state index < -0.39 is 30.3 Å². The molecule has 1 aliphatic rings. The number of anilines is 1. The highest BCUT2D eigenvalue weighted by atomic mass is 16.5. The standard InChI is InChI=1S/C23H23N3O6/c1-13(2)11-24-20(28)16-6-4-5-7-18(16)25-19(27)12-32-23(31)14-8-9-15-17(10-14)22(30)26(3)21(15)29/h4-10,13H,11-12H2,1-3H3,(H,24,28)(H,25,27). The molecule has 2 aromatic rings. The number of benzene rings is 2. The number of carbonyl (C=O) groups excluding carboxylic acids is 5. The molecule has 0 unspecified atom stereocenters. The van der Waals surface area contributed by atoms with E-state index in [9.17, 15) is 24.0 Å². The SMILES string of the molecule is CC(C)CNC(=O)c1ccccc1NC(=O)COC(=O)c1ccc2c(c1)C(=O)N(C)C2=O. The summed E-state index contributed by atoms with van der Waals surface area (Å²) < 4.78 is 5.03. The van der Waals surface area contributed by atoms with Gasteiger partial charge in [0, 0.05) is 13.6 Å². The number of ether oxygens (including phenoxy) is 1. The van der Waals surface area contributed by atoms with Crippen molar-refractivity contribution in [2.45, 2.75) is 13.8 Å². The number of nitrogens with one attached hydrogen (secondary N) is 2. The quantitative estimate of drug-likeness (QED) is 0.505. The predicted molar refractivity (Wildman–Crippen MR) is 115 cm³/mol. The highest BCUT2D eigenvalue weighted by Gasteiger charge is 2.33. The largest absolute Gasteiger partial charge is 0.452 e. The van der Waals surface area contributed by atoms with Crippen molar-refractivity contribution in [3.63, 3.8) is 0 Å².